The molecule has 0 atom stereocenters. The quantitative estimate of drug-likeness (QED) is 0.820. The van der Waals surface area contributed by atoms with Crippen LogP contribution in [0.15, 0.2) is 36.5 Å². The van der Waals surface area contributed by atoms with E-state index in [1.165, 1.54) is 11.1 Å². The van der Waals surface area contributed by atoms with E-state index in [4.69, 9.17) is 0 Å². The van der Waals surface area contributed by atoms with Gasteiger partial charge >= 0.3 is 0 Å². The molecule has 2 aromatic rings. The van der Waals surface area contributed by atoms with Crippen molar-refractivity contribution in [3.05, 3.63) is 47.7 Å². The topological polar surface area (TPSA) is 49.8 Å². The zero-order valence-electron chi connectivity index (χ0n) is 9.48. The van der Waals surface area contributed by atoms with Crippen LogP contribution in [0, 0.1) is 0 Å². The second-order valence-corrected chi connectivity index (χ2v) is 4.10. The summed E-state index contributed by atoms with van der Waals surface area (Å²) in [5, 5.41) is 14.6. The summed E-state index contributed by atoms with van der Waals surface area (Å²) in [5.41, 5.74) is 3.89. The summed E-state index contributed by atoms with van der Waals surface area (Å²) in [6.07, 6.45) is 2.73. The molecule has 3 rings (SSSR count). The molecule has 0 saturated heterocycles. The Kier molecular flexibility index (Phi) is 2.71. The van der Waals surface area contributed by atoms with Crippen molar-refractivity contribution >= 4 is 11.5 Å². The van der Waals surface area contributed by atoms with E-state index >= 15 is 0 Å². The molecule has 4 heteroatoms. The number of aromatic nitrogens is 2. The van der Waals surface area contributed by atoms with E-state index in [0.29, 0.717) is 0 Å². The van der Waals surface area contributed by atoms with Crippen molar-refractivity contribution in [1.82, 2.24) is 15.5 Å². The first kappa shape index (κ1) is 10.2. The third-order valence-corrected chi connectivity index (χ3v) is 2.98. The Morgan fingerprint density at radius 3 is 3.06 bits per heavy atom. The molecule has 2 N–H and O–H groups in total. The molecule has 0 radical (unpaired) electrons. The molecular weight excluding hydrogens is 212 g/mol. The fourth-order valence-corrected chi connectivity index (χ4v) is 2.16. The fraction of sp³-hybridized carbons (Fsp3) is 0.231. The van der Waals surface area contributed by atoms with Crippen LogP contribution in [0.3, 0.4) is 0 Å². The molecule has 0 fully saturated rings. The van der Waals surface area contributed by atoms with Crippen LogP contribution >= 0.6 is 0 Å². The lowest BCUT2D eigenvalue weighted by atomic mass is 9.99. The first-order valence-corrected chi connectivity index (χ1v) is 5.80. The number of fused-ring (bicyclic) bond motifs is 1. The average Bonchev–Trinajstić information content (AvgIpc) is 2.40. The van der Waals surface area contributed by atoms with Crippen LogP contribution in [0.5, 0.6) is 0 Å². The van der Waals surface area contributed by atoms with Gasteiger partial charge in [-0.3, -0.25) is 0 Å². The van der Waals surface area contributed by atoms with Crippen molar-refractivity contribution in [3.8, 4) is 0 Å². The van der Waals surface area contributed by atoms with E-state index in [1.54, 1.807) is 6.20 Å². The zero-order valence-corrected chi connectivity index (χ0v) is 9.48. The van der Waals surface area contributed by atoms with Crippen LogP contribution in [0.4, 0.5) is 11.5 Å². The maximum absolute atomic E-state index is 4.05. The Balaban J connectivity index is 1.93. The highest BCUT2D eigenvalue weighted by atomic mass is 15.2. The minimum absolute atomic E-state index is 0.791. The SMILES string of the molecule is c1cnnc(Nc2cccc3c2CCNC3)c1. The van der Waals surface area contributed by atoms with Gasteiger partial charge in [-0.25, -0.2) is 0 Å². The molecule has 1 aliphatic heterocycles. The first-order chi connectivity index (χ1) is 8.43. The van der Waals surface area contributed by atoms with Gasteiger partial charge in [0.1, 0.15) is 0 Å². The lowest BCUT2D eigenvalue weighted by Crippen LogP contribution is -2.24. The maximum Gasteiger partial charge on any atom is 0.153 e. The van der Waals surface area contributed by atoms with Gasteiger partial charge in [-0.1, -0.05) is 12.1 Å². The number of rotatable bonds is 2. The molecule has 0 saturated carbocycles. The number of hydrogen-bond donors (Lipinski definition) is 2. The van der Waals surface area contributed by atoms with Crippen LogP contribution in [-0.4, -0.2) is 16.7 Å². The number of hydrogen-bond acceptors (Lipinski definition) is 4. The van der Waals surface area contributed by atoms with E-state index in [9.17, 15) is 0 Å². The smallest absolute Gasteiger partial charge is 0.153 e. The molecule has 1 aromatic heterocycles. The molecule has 0 bridgehead atoms. The lowest BCUT2D eigenvalue weighted by molar-refractivity contribution is 0.645. The van der Waals surface area contributed by atoms with E-state index in [2.05, 4.69) is 39.0 Å². The monoisotopic (exact) mass is 226 g/mol. The van der Waals surface area contributed by atoms with Crippen molar-refractivity contribution in [2.24, 2.45) is 0 Å². The Morgan fingerprint density at radius 1 is 1.18 bits per heavy atom. The van der Waals surface area contributed by atoms with E-state index in [-0.39, 0.29) is 0 Å². The van der Waals surface area contributed by atoms with Gasteiger partial charge in [0.25, 0.3) is 0 Å². The highest BCUT2D eigenvalue weighted by molar-refractivity contribution is 5.62. The van der Waals surface area contributed by atoms with Gasteiger partial charge in [0.15, 0.2) is 5.82 Å². The van der Waals surface area contributed by atoms with Crippen LogP contribution in [-0.2, 0) is 13.0 Å². The Bertz CT molecular complexity index is 510. The molecule has 86 valence electrons. The van der Waals surface area contributed by atoms with E-state index < -0.39 is 0 Å². The van der Waals surface area contributed by atoms with Gasteiger partial charge < -0.3 is 10.6 Å². The normalized spacial score (nSPS) is 14.1. The van der Waals surface area contributed by atoms with Gasteiger partial charge in [0, 0.05) is 18.4 Å². The maximum atomic E-state index is 4.05. The van der Waals surface area contributed by atoms with Crippen molar-refractivity contribution in [2.45, 2.75) is 13.0 Å². The van der Waals surface area contributed by atoms with Crippen molar-refractivity contribution < 1.29 is 0 Å². The van der Waals surface area contributed by atoms with Gasteiger partial charge in [-0.05, 0) is 42.3 Å². The molecule has 2 heterocycles. The molecule has 0 spiro atoms. The first-order valence-electron chi connectivity index (χ1n) is 5.80. The van der Waals surface area contributed by atoms with Crippen LogP contribution in [0.1, 0.15) is 11.1 Å². The molecule has 0 unspecified atom stereocenters. The van der Waals surface area contributed by atoms with Gasteiger partial charge in [0.05, 0.1) is 0 Å². The summed E-state index contributed by atoms with van der Waals surface area (Å²) in [5.74, 6) is 0.791. The summed E-state index contributed by atoms with van der Waals surface area (Å²) in [7, 11) is 0. The predicted molar refractivity (Wildman–Crippen MR) is 67.2 cm³/mol. The van der Waals surface area contributed by atoms with Gasteiger partial charge in [-0.15, -0.1) is 5.10 Å². The van der Waals surface area contributed by atoms with Gasteiger partial charge in [-0.2, -0.15) is 5.10 Å². The zero-order chi connectivity index (χ0) is 11.5. The highest BCUT2D eigenvalue weighted by Crippen LogP contribution is 2.25. The predicted octanol–water partition coefficient (Wildman–Crippen LogP) is 1.87. The summed E-state index contributed by atoms with van der Waals surface area (Å²) < 4.78 is 0. The third-order valence-electron chi connectivity index (χ3n) is 2.98. The summed E-state index contributed by atoms with van der Waals surface area (Å²) >= 11 is 0. The Hall–Kier alpha value is -1.94. The minimum Gasteiger partial charge on any atom is -0.338 e. The summed E-state index contributed by atoms with van der Waals surface area (Å²) in [6, 6.07) is 10.1. The van der Waals surface area contributed by atoms with E-state index in [0.717, 1.165) is 31.0 Å². The largest absolute Gasteiger partial charge is 0.338 e. The Labute approximate surface area is 100 Å². The number of benzene rings is 1. The summed E-state index contributed by atoms with van der Waals surface area (Å²) in [4.78, 5) is 0. The van der Waals surface area contributed by atoms with Gasteiger partial charge in [0.2, 0.25) is 0 Å². The molecule has 0 aliphatic carbocycles. The molecule has 1 aromatic carbocycles. The van der Waals surface area contributed by atoms with Crippen molar-refractivity contribution in [1.29, 1.82) is 0 Å². The van der Waals surface area contributed by atoms with Crippen LogP contribution in [0.2, 0.25) is 0 Å². The van der Waals surface area contributed by atoms with E-state index in [1.807, 2.05) is 12.1 Å². The standard InChI is InChI=1S/C13H14N4/c1-3-10-9-14-8-6-11(10)12(4-1)16-13-5-2-7-15-17-13/h1-5,7,14H,6,8-9H2,(H,16,17). The third kappa shape index (κ3) is 2.12. The lowest BCUT2D eigenvalue weighted by Gasteiger charge is -2.20. The number of nitrogens with zero attached hydrogens (tertiary/aromatic N) is 2. The fourth-order valence-electron chi connectivity index (χ4n) is 2.16. The molecule has 17 heavy (non-hydrogen) atoms. The number of nitrogens with one attached hydrogen (secondary N) is 2. The molecule has 4 nitrogen and oxygen atoms in total. The molecule has 0 amide bonds. The van der Waals surface area contributed by atoms with Crippen LogP contribution < -0.4 is 10.6 Å². The molecular formula is C13H14N4. The van der Waals surface area contributed by atoms with Crippen molar-refractivity contribution in [3.63, 3.8) is 0 Å². The minimum atomic E-state index is 0.791. The summed E-state index contributed by atoms with van der Waals surface area (Å²) in [6.45, 7) is 1.98. The highest BCUT2D eigenvalue weighted by Gasteiger charge is 2.12. The second-order valence-electron chi connectivity index (χ2n) is 4.10. The van der Waals surface area contributed by atoms with Crippen LogP contribution in [0.25, 0.3) is 0 Å². The number of anilines is 2. The average molecular weight is 226 g/mol. The Morgan fingerprint density at radius 2 is 2.18 bits per heavy atom. The van der Waals surface area contributed by atoms with Crippen molar-refractivity contribution in [2.75, 3.05) is 11.9 Å². The second kappa shape index (κ2) is 4.51. The molecule has 1 aliphatic rings.